The molecule has 0 amide bonds. The van der Waals surface area contributed by atoms with Crippen LogP contribution in [0.5, 0.6) is 0 Å². The lowest BCUT2D eigenvalue weighted by Crippen LogP contribution is -2.50. The zero-order valence-electron chi connectivity index (χ0n) is 18.1. The summed E-state index contributed by atoms with van der Waals surface area (Å²) in [6, 6.07) is 13.6. The maximum absolute atomic E-state index is 6.63. The van der Waals surface area contributed by atoms with Crippen molar-refractivity contribution in [2.45, 2.75) is 50.9 Å². The molecule has 2 unspecified atom stereocenters. The zero-order chi connectivity index (χ0) is 22.1. The second-order valence-corrected chi connectivity index (χ2v) is 8.87. The number of likely N-dealkylation sites (N-methyl/N-ethyl adjacent to an activating group) is 1. The van der Waals surface area contributed by atoms with Gasteiger partial charge >= 0.3 is 0 Å². The van der Waals surface area contributed by atoms with Crippen molar-refractivity contribution < 1.29 is 4.74 Å². The number of fused-ring (bicyclic) bond motifs is 1. The Morgan fingerprint density at radius 1 is 1.16 bits per heavy atom. The van der Waals surface area contributed by atoms with Gasteiger partial charge in [0.05, 0.1) is 18.2 Å². The molecule has 0 saturated carbocycles. The summed E-state index contributed by atoms with van der Waals surface area (Å²) in [4.78, 5) is 12.2. The van der Waals surface area contributed by atoms with Crippen LogP contribution in [0, 0.1) is 0 Å². The first kappa shape index (κ1) is 22.3. The van der Waals surface area contributed by atoms with Crippen LogP contribution in [0.4, 0.5) is 0 Å². The molecule has 7 heteroatoms. The fourth-order valence-electron chi connectivity index (χ4n) is 4.71. The predicted octanol–water partition coefficient (Wildman–Crippen LogP) is 5.22. The molecule has 164 valence electrons. The quantitative estimate of drug-likeness (QED) is 0.667. The number of nitrogens with zero attached hydrogens (tertiary/aromatic N) is 3. The Balaban J connectivity index is 1.84. The molecule has 4 atom stereocenters. The molecule has 1 heterocycles. The number of nitrogens with two attached hydrogens (primary N) is 1. The van der Waals surface area contributed by atoms with Crippen LogP contribution in [0.15, 0.2) is 52.4 Å². The maximum atomic E-state index is 6.63. The number of aliphatic imine (C=N–C) groups is 2. The molecule has 0 radical (unpaired) electrons. The van der Waals surface area contributed by atoms with Crippen molar-refractivity contribution in [3.05, 3.63) is 69.2 Å². The summed E-state index contributed by atoms with van der Waals surface area (Å²) in [6.07, 6.45) is 1.65. The van der Waals surface area contributed by atoms with E-state index in [1.54, 1.807) is 6.07 Å². The molecule has 0 saturated heterocycles. The molecular formula is C24H28Cl2N4O. The van der Waals surface area contributed by atoms with Gasteiger partial charge in [-0.1, -0.05) is 60.5 Å². The summed E-state index contributed by atoms with van der Waals surface area (Å²) >= 11 is 12.8. The van der Waals surface area contributed by atoms with Gasteiger partial charge in [0.25, 0.3) is 0 Å². The molecule has 0 spiro atoms. The zero-order valence-corrected chi connectivity index (χ0v) is 19.6. The SMILES string of the molecule is CCO[C@H]1Cc2ccccc2[C@H]1N=C1N=C(N)C(CC)N(C)C1c1ccc(Cl)cc1Cl. The van der Waals surface area contributed by atoms with Crippen molar-refractivity contribution in [3.63, 3.8) is 0 Å². The van der Waals surface area contributed by atoms with E-state index in [0.29, 0.717) is 28.3 Å². The average molecular weight is 459 g/mol. The third kappa shape index (κ3) is 4.24. The Hall–Kier alpha value is -1.92. The van der Waals surface area contributed by atoms with E-state index in [1.807, 2.05) is 32.2 Å². The minimum atomic E-state index is -0.225. The van der Waals surface area contributed by atoms with E-state index in [-0.39, 0.29) is 24.2 Å². The number of hydrogen-bond donors (Lipinski definition) is 1. The van der Waals surface area contributed by atoms with Crippen LogP contribution in [0.2, 0.25) is 10.0 Å². The van der Waals surface area contributed by atoms with Gasteiger partial charge in [0.15, 0.2) is 0 Å². The number of amidine groups is 2. The molecule has 31 heavy (non-hydrogen) atoms. The van der Waals surface area contributed by atoms with E-state index in [2.05, 4.69) is 30.0 Å². The van der Waals surface area contributed by atoms with Gasteiger partial charge in [-0.2, -0.15) is 0 Å². The lowest BCUT2D eigenvalue weighted by Gasteiger charge is -2.38. The number of halogens is 2. The summed E-state index contributed by atoms with van der Waals surface area (Å²) < 4.78 is 6.07. The summed E-state index contributed by atoms with van der Waals surface area (Å²) in [5, 5.41) is 1.19. The topological polar surface area (TPSA) is 63.2 Å². The molecular weight excluding hydrogens is 431 g/mol. The molecule has 0 fully saturated rings. The highest BCUT2D eigenvalue weighted by Crippen LogP contribution is 2.40. The highest BCUT2D eigenvalue weighted by atomic mass is 35.5. The normalized spacial score (nSPS) is 27.4. The van der Waals surface area contributed by atoms with E-state index in [1.165, 1.54) is 11.1 Å². The van der Waals surface area contributed by atoms with Gasteiger partial charge in [-0.05, 0) is 49.2 Å². The van der Waals surface area contributed by atoms with Crippen LogP contribution >= 0.6 is 23.2 Å². The maximum Gasteiger partial charge on any atom is 0.148 e. The van der Waals surface area contributed by atoms with E-state index in [4.69, 9.17) is 43.7 Å². The first-order valence-corrected chi connectivity index (χ1v) is 11.5. The second-order valence-electron chi connectivity index (χ2n) is 8.02. The van der Waals surface area contributed by atoms with E-state index in [9.17, 15) is 0 Å². The molecule has 1 aliphatic carbocycles. The largest absolute Gasteiger partial charge is 0.386 e. The molecule has 0 bridgehead atoms. The van der Waals surface area contributed by atoms with Crippen LogP contribution < -0.4 is 5.73 Å². The fourth-order valence-corrected chi connectivity index (χ4v) is 5.23. The number of rotatable bonds is 5. The fraction of sp³-hybridized carbons (Fsp3) is 0.417. The van der Waals surface area contributed by atoms with Gasteiger partial charge in [0.2, 0.25) is 0 Å². The Kier molecular flexibility index (Phi) is 6.68. The molecule has 2 aromatic carbocycles. The van der Waals surface area contributed by atoms with Crippen LogP contribution in [0.1, 0.15) is 49.0 Å². The van der Waals surface area contributed by atoms with Gasteiger partial charge in [0, 0.05) is 23.1 Å². The highest BCUT2D eigenvalue weighted by Gasteiger charge is 2.38. The van der Waals surface area contributed by atoms with Gasteiger partial charge in [-0.15, -0.1) is 0 Å². The van der Waals surface area contributed by atoms with E-state index >= 15 is 0 Å². The van der Waals surface area contributed by atoms with Crippen molar-refractivity contribution >= 4 is 34.9 Å². The monoisotopic (exact) mass is 458 g/mol. The smallest absolute Gasteiger partial charge is 0.148 e. The third-order valence-corrected chi connectivity index (χ3v) is 6.73. The van der Waals surface area contributed by atoms with Gasteiger partial charge < -0.3 is 10.5 Å². The summed E-state index contributed by atoms with van der Waals surface area (Å²) in [6.45, 7) is 4.75. The van der Waals surface area contributed by atoms with Crippen molar-refractivity contribution in [3.8, 4) is 0 Å². The molecule has 4 rings (SSSR count). The van der Waals surface area contributed by atoms with Gasteiger partial charge in [0.1, 0.15) is 17.7 Å². The standard InChI is InChI=1S/C24H28Cl2N4O/c1-4-19-23(27)29-24(22(30(19)3)17-11-10-15(25)13-18(17)26)28-21-16-9-7-6-8-14(16)12-20(21)31-5-2/h6-11,13,19-22H,4-5,12H2,1-3H3,(H2,27,28,29)/t19?,20-,21+,22?/m0/s1. The summed E-state index contributed by atoms with van der Waals surface area (Å²) in [5.74, 6) is 1.23. The van der Waals surface area contributed by atoms with E-state index in [0.717, 1.165) is 18.4 Å². The average Bonchev–Trinajstić information content (AvgIpc) is 3.07. The lowest BCUT2D eigenvalue weighted by molar-refractivity contribution is 0.0532. The van der Waals surface area contributed by atoms with Crippen LogP contribution in [-0.2, 0) is 11.2 Å². The molecule has 5 nitrogen and oxygen atoms in total. The third-order valence-electron chi connectivity index (χ3n) is 6.17. The molecule has 2 aromatic rings. The van der Waals surface area contributed by atoms with Crippen molar-refractivity contribution in [1.82, 2.24) is 4.90 Å². The Labute approximate surface area is 193 Å². The molecule has 2 aliphatic rings. The summed E-state index contributed by atoms with van der Waals surface area (Å²) in [7, 11) is 2.05. The lowest BCUT2D eigenvalue weighted by atomic mass is 9.98. The van der Waals surface area contributed by atoms with Crippen LogP contribution in [-0.4, -0.2) is 42.4 Å². The van der Waals surface area contributed by atoms with Crippen LogP contribution in [0.25, 0.3) is 0 Å². The van der Waals surface area contributed by atoms with Gasteiger partial charge in [-0.25, -0.2) is 4.99 Å². The Bertz CT molecular complexity index is 1020. The molecule has 0 aromatic heterocycles. The van der Waals surface area contributed by atoms with Crippen molar-refractivity contribution in [2.75, 3.05) is 13.7 Å². The number of hydrogen-bond acceptors (Lipinski definition) is 4. The molecule has 1 aliphatic heterocycles. The first-order chi connectivity index (χ1) is 14.9. The van der Waals surface area contributed by atoms with Crippen LogP contribution in [0.3, 0.4) is 0 Å². The molecule has 2 N–H and O–H groups in total. The second kappa shape index (κ2) is 9.29. The predicted molar refractivity (Wildman–Crippen MR) is 128 cm³/mol. The Morgan fingerprint density at radius 2 is 1.94 bits per heavy atom. The minimum absolute atomic E-state index is 0.00856. The van der Waals surface area contributed by atoms with Crippen molar-refractivity contribution in [1.29, 1.82) is 0 Å². The van der Waals surface area contributed by atoms with Gasteiger partial charge in [-0.3, -0.25) is 9.89 Å². The number of ether oxygens (including phenoxy) is 1. The number of benzene rings is 2. The highest BCUT2D eigenvalue weighted by molar-refractivity contribution is 6.35. The Morgan fingerprint density at radius 3 is 2.65 bits per heavy atom. The van der Waals surface area contributed by atoms with E-state index < -0.39 is 0 Å². The van der Waals surface area contributed by atoms with Crippen molar-refractivity contribution in [2.24, 2.45) is 15.7 Å². The first-order valence-electron chi connectivity index (χ1n) is 10.7. The summed E-state index contributed by atoms with van der Waals surface area (Å²) in [5.41, 5.74) is 9.75. The minimum Gasteiger partial charge on any atom is -0.386 e.